The van der Waals surface area contributed by atoms with Crippen molar-refractivity contribution in [2.24, 2.45) is 29.6 Å². The van der Waals surface area contributed by atoms with Gasteiger partial charge < -0.3 is 58.6 Å². The first kappa shape index (κ1) is 80.1. The van der Waals surface area contributed by atoms with Gasteiger partial charge >= 0.3 is 78.7 Å². The molecule has 4 aliphatic rings. The van der Waals surface area contributed by atoms with Crippen molar-refractivity contribution < 1.29 is 134 Å². The number of alkyl halides is 10. The SMILES string of the molecule is C=CC(=O)OCOC(=O)CCCCCOC(=O)CC1CCC(CC2CCC(NC(=O)OCC(F)(F)OC(F)(F)OC(F)(F)C(C)(F)F)CC2)CC1.C=CC(=O)OCOC(=O)CCCCCOC(=O)NC1CCC(CC2CCC(NC(=O)OCC(F)(F)OC)CC2)CC1. The number of methoxy groups -OCH3 is 1. The molecule has 0 spiro atoms. The largest absolute Gasteiger partial charge is 0.495 e. The molecule has 22 nitrogen and oxygen atoms in total. The number of hydrogen-bond donors (Lipinski definition) is 3. The second kappa shape index (κ2) is 40.8. The predicted octanol–water partition coefficient (Wildman–Crippen LogP) is 12.6. The van der Waals surface area contributed by atoms with E-state index in [1.165, 1.54) is 0 Å². The number of halogens is 10. The van der Waals surface area contributed by atoms with Crippen LogP contribution in [0.2, 0.25) is 0 Å². The van der Waals surface area contributed by atoms with Crippen LogP contribution in [0.4, 0.5) is 58.3 Å². The summed E-state index contributed by atoms with van der Waals surface area (Å²) in [7, 11) is 0.854. The van der Waals surface area contributed by atoms with Crippen molar-refractivity contribution >= 4 is 48.1 Å². The van der Waals surface area contributed by atoms with Crippen LogP contribution in [-0.2, 0) is 76.1 Å². The number of esters is 5. The van der Waals surface area contributed by atoms with Crippen LogP contribution in [0.1, 0.15) is 180 Å². The highest BCUT2D eigenvalue weighted by atomic mass is 19.3. The number of alkyl carbamates (subject to hydrolysis) is 3. The molecule has 0 atom stereocenters. The zero-order valence-electron chi connectivity index (χ0n) is 52.1. The van der Waals surface area contributed by atoms with Crippen LogP contribution < -0.4 is 16.0 Å². The summed E-state index contributed by atoms with van der Waals surface area (Å²) in [4.78, 5) is 92.9. The first-order chi connectivity index (χ1) is 43.3. The molecule has 0 unspecified atom stereocenters. The Balaban J connectivity index is 0.000000492. The summed E-state index contributed by atoms with van der Waals surface area (Å²) in [5, 5.41) is 7.95. The molecular formula is C60H89F10N3O19. The molecule has 0 heterocycles. The molecule has 0 saturated heterocycles. The van der Waals surface area contributed by atoms with Gasteiger partial charge in [-0.2, -0.15) is 35.1 Å². The molecule has 0 aliphatic heterocycles. The van der Waals surface area contributed by atoms with E-state index in [0.717, 1.165) is 122 Å². The van der Waals surface area contributed by atoms with Gasteiger partial charge in [-0.1, -0.05) is 26.0 Å². The minimum atomic E-state index is -5.84. The number of unbranched alkanes of at least 4 members (excludes halogenated alkanes) is 4. The predicted molar refractivity (Wildman–Crippen MR) is 302 cm³/mol. The number of ether oxygens (including phenoxy) is 11. The molecule has 0 aromatic heterocycles. The van der Waals surface area contributed by atoms with Gasteiger partial charge in [0.15, 0.2) is 13.2 Å². The Morgan fingerprint density at radius 1 is 0.424 bits per heavy atom. The van der Waals surface area contributed by atoms with E-state index in [1.54, 1.807) is 0 Å². The third kappa shape index (κ3) is 35.2. The summed E-state index contributed by atoms with van der Waals surface area (Å²) in [6.45, 7) is 2.37. The summed E-state index contributed by atoms with van der Waals surface area (Å²) in [5.41, 5.74) is 0. The first-order valence-corrected chi connectivity index (χ1v) is 31.0. The molecule has 0 radical (unpaired) electrons. The molecule has 0 aromatic carbocycles. The van der Waals surface area contributed by atoms with Crippen LogP contribution in [0.5, 0.6) is 0 Å². The first-order valence-electron chi connectivity index (χ1n) is 31.0. The summed E-state index contributed by atoms with van der Waals surface area (Å²) in [5.74, 6) is -5.51. The molecule has 4 saturated carbocycles. The maximum Gasteiger partial charge on any atom is 0.495 e. The number of hydrogen-bond acceptors (Lipinski definition) is 19. The lowest BCUT2D eigenvalue weighted by Crippen LogP contribution is -2.49. The lowest BCUT2D eigenvalue weighted by Gasteiger charge is -2.34. The summed E-state index contributed by atoms with van der Waals surface area (Å²) in [6, 6.07) is -0.421. The highest BCUT2D eigenvalue weighted by Gasteiger charge is 2.62. The molecular weight excluding hydrogens is 1260 g/mol. The van der Waals surface area contributed by atoms with E-state index in [1.807, 2.05) is 0 Å². The summed E-state index contributed by atoms with van der Waals surface area (Å²) in [6.07, 6.45) is -1.05. The topological polar surface area (TPSA) is 274 Å². The molecule has 92 heavy (non-hydrogen) atoms. The summed E-state index contributed by atoms with van der Waals surface area (Å²) >= 11 is 0. The second-order valence-corrected chi connectivity index (χ2v) is 23.4. The molecule has 0 aromatic rings. The van der Waals surface area contributed by atoms with E-state index < -0.39 is 112 Å². The maximum atomic E-state index is 13.7. The van der Waals surface area contributed by atoms with Gasteiger partial charge in [0, 0.05) is 63.6 Å². The van der Waals surface area contributed by atoms with Gasteiger partial charge in [0.2, 0.25) is 13.6 Å². The lowest BCUT2D eigenvalue weighted by atomic mass is 9.74. The Hall–Kier alpha value is -6.18. The van der Waals surface area contributed by atoms with Crippen LogP contribution in [0.15, 0.2) is 25.3 Å². The standard InChI is InChI=1S/C32H45F8NO10.C28H44F2N2O9/c1-3-25(42)48-20-49-26(43)7-5-4-6-16-46-27(44)18-23-10-8-21(9-11-23)17-22-12-14-24(15-13-22)41-28(45)47-19-30(35,36)50-32(39,40)51-31(37,38)29(2,33)34;1-3-24(33)40-19-41-25(34)7-5-4-6-16-38-26(35)31-22-12-8-20(9-13-22)17-21-10-14-23(15-11-21)32-27(36)39-18-28(29,30)37-2/h3,21-24H,1,4-20H2,2H3,(H,41,45);3,20-23H,1,4-19H2,2H3,(H,31,35)(H,32,36). The average Bonchev–Trinajstić information content (AvgIpc) is 0.843. The molecule has 528 valence electrons. The molecule has 3 amide bonds. The molecule has 4 fully saturated rings. The van der Waals surface area contributed by atoms with E-state index in [9.17, 15) is 82.3 Å². The van der Waals surface area contributed by atoms with Gasteiger partial charge in [-0.3, -0.25) is 14.4 Å². The fourth-order valence-corrected chi connectivity index (χ4v) is 11.0. The summed E-state index contributed by atoms with van der Waals surface area (Å²) < 4.78 is 179. The van der Waals surface area contributed by atoms with E-state index in [2.05, 4.69) is 62.3 Å². The van der Waals surface area contributed by atoms with Gasteiger partial charge in [0.05, 0.1) is 13.2 Å². The molecule has 32 heteroatoms. The normalized spacial score (nSPS) is 22.1. The number of nitrogens with one attached hydrogen (secondary N) is 3. The Morgan fingerprint density at radius 3 is 1.16 bits per heavy atom. The highest BCUT2D eigenvalue weighted by Crippen LogP contribution is 2.42. The van der Waals surface area contributed by atoms with Crippen molar-refractivity contribution in [2.45, 2.75) is 229 Å². The monoisotopic (exact) mass is 1350 g/mol. The fraction of sp³-hybridized carbons (Fsp3) is 0.800. The van der Waals surface area contributed by atoms with Gasteiger partial charge in [-0.05, 0) is 171 Å². The lowest BCUT2D eigenvalue weighted by molar-refractivity contribution is -0.533. The Morgan fingerprint density at radius 2 is 0.783 bits per heavy atom. The van der Waals surface area contributed by atoms with Crippen LogP contribution in [0, 0.1) is 29.6 Å². The van der Waals surface area contributed by atoms with E-state index >= 15 is 0 Å². The van der Waals surface area contributed by atoms with E-state index in [-0.39, 0.29) is 50.0 Å². The minimum absolute atomic E-state index is 0.0713. The van der Waals surface area contributed by atoms with E-state index in [4.69, 9.17) is 18.9 Å². The average molecular weight is 1350 g/mol. The number of rotatable bonds is 37. The van der Waals surface area contributed by atoms with Gasteiger partial charge in [-0.25, -0.2) is 33.4 Å². The third-order valence-corrected chi connectivity index (χ3v) is 16.1. The van der Waals surface area contributed by atoms with Crippen molar-refractivity contribution in [3.63, 3.8) is 0 Å². The molecule has 4 rings (SSSR count). The van der Waals surface area contributed by atoms with Crippen molar-refractivity contribution in [1.82, 2.24) is 16.0 Å². The van der Waals surface area contributed by atoms with Crippen LogP contribution >= 0.6 is 0 Å². The molecule has 3 N–H and O–H groups in total. The van der Waals surface area contributed by atoms with Gasteiger partial charge in [-0.15, -0.1) is 8.78 Å². The number of carbonyl (C=O) groups is 8. The van der Waals surface area contributed by atoms with Crippen LogP contribution in [0.3, 0.4) is 0 Å². The quantitative estimate of drug-likeness (QED) is 0.0130. The third-order valence-electron chi connectivity index (χ3n) is 16.1. The molecule has 0 bridgehead atoms. The zero-order chi connectivity index (χ0) is 68.4. The van der Waals surface area contributed by atoms with E-state index in [0.29, 0.717) is 81.5 Å². The van der Waals surface area contributed by atoms with Crippen molar-refractivity contribution in [2.75, 3.05) is 47.1 Å². The second-order valence-electron chi connectivity index (χ2n) is 23.4. The number of amides is 3. The maximum absolute atomic E-state index is 13.7. The minimum Gasteiger partial charge on any atom is -0.466 e. The molecule has 4 aliphatic carbocycles. The van der Waals surface area contributed by atoms with Crippen molar-refractivity contribution in [3.05, 3.63) is 25.3 Å². The fourth-order valence-electron chi connectivity index (χ4n) is 11.0. The Bertz CT molecular complexity index is 2290. The Kier molecular flexibility index (Phi) is 35.5. The van der Waals surface area contributed by atoms with Crippen molar-refractivity contribution in [3.8, 4) is 0 Å². The van der Waals surface area contributed by atoms with Gasteiger partial charge in [0.25, 0.3) is 0 Å². The highest BCUT2D eigenvalue weighted by molar-refractivity contribution is 5.81. The van der Waals surface area contributed by atoms with Crippen molar-refractivity contribution in [1.29, 1.82) is 0 Å². The van der Waals surface area contributed by atoms with Gasteiger partial charge in [0.1, 0.15) is 0 Å². The van der Waals surface area contributed by atoms with Crippen LogP contribution in [0.25, 0.3) is 0 Å². The number of carbonyl (C=O) groups excluding carboxylic acids is 8. The van der Waals surface area contributed by atoms with Crippen LogP contribution in [-0.4, -0.2) is 144 Å². The Labute approximate surface area is 528 Å². The smallest absolute Gasteiger partial charge is 0.466 e. The zero-order valence-corrected chi connectivity index (χ0v) is 52.1.